The first-order chi connectivity index (χ1) is 6.74. The number of terminal acetylenes is 1. The maximum atomic E-state index is 5.97. The van der Waals surface area contributed by atoms with Crippen molar-refractivity contribution < 1.29 is 0 Å². The van der Waals surface area contributed by atoms with Crippen molar-refractivity contribution in [2.45, 2.75) is 25.3 Å². The van der Waals surface area contributed by atoms with Crippen molar-refractivity contribution in [3.8, 4) is 12.3 Å². The predicted molar refractivity (Wildman–Crippen MR) is 61.1 cm³/mol. The van der Waals surface area contributed by atoms with Crippen molar-refractivity contribution >= 4 is 11.6 Å². The molecule has 2 heteroatoms. The summed E-state index contributed by atoms with van der Waals surface area (Å²) in [6.07, 6.45) is 7.85. The van der Waals surface area contributed by atoms with Crippen LogP contribution in [-0.4, -0.2) is 0 Å². The fraction of sp³-hybridized carbons (Fsp3) is 0.333. The smallest absolute Gasteiger partial charge is 0.0406 e. The molecule has 0 aliphatic carbocycles. The molecule has 0 saturated heterocycles. The molecule has 1 aromatic rings. The molecule has 1 unspecified atom stereocenters. The van der Waals surface area contributed by atoms with Gasteiger partial charge in [-0.25, -0.2) is 0 Å². The van der Waals surface area contributed by atoms with Crippen molar-refractivity contribution in [1.29, 1.82) is 0 Å². The van der Waals surface area contributed by atoms with Crippen LogP contribution in [0.25, 0.3) is 0 Å². The van der Waals surface area contributed by atoms with E-state index in [4.69, 9.17) is 23.8 Å². The van der Waals surface area contributed by atoms with Crippen LogP contribution >= 0.6 is 11.6 Å². The van der Waals surface area contributed by atoms with Crippen LogP contribution in [0.5, 0.6) is 0 Å². The molecular weight excluding hydrogens is 194 g/mol. The van der Waals surface area contributed by atoms with Crippen LogP contribution < -0.4 is 5.73 Å². The topological polar surface area (TPSA) is 26.0 Å². The van der Waals surface area contributed by atoms with E-state index in [1.54, 1.807) is 0 Å². The quantitative estimate of drug-likeness (QED) is 0.596. The summed E-state index contributed by atoms with van der Waals surface area (Å²) < 4.78 is 0. The van der Waals surface area contributed by atoms with Crippen molar-refractivity contribution in [1.82, 2.24) is 0 Å². The Kier molecular flexibility index (Phi) is 4.52. The lowest BCUT2D eigenvalue weighted by Gasteiger charge is -2.10. The molecule has 0 bridgehead atoms. The Labute approximate surface area is 90.3 Å². The summed E-state index contributed by atoms with van der Waals surface area (Å²) in [5.41, 5.74) is 7.09. The minimum absolute atomic E-state index is 0.0700. The molecule has 2 N–H and O–H groups in total. The van der Waals surface area contributed by atoms with Crippen molar-refractivity contribution in [3.05, 3.63) is 34.9 Å². The molecule has 74 valence electrons. The largest absolute Gasteiger partial charge is 0.324 e. The van der Waals surface area contributed by atoms with Crippen LogP contribution in [0.4, 0.5) is 0 Å². The number of hydrogen-bond acceptors (Lipinski definition) is 1. The van der Waals surface area contributed by atoms with Gasteiger partial charge in [0.1, 0.15) is 0 Å². The van der Waals surface area contributed by atoms with Gasteiger partial charge in [0.15, 0.2) is 0 Å². The predicted octanol–water partition coefficient (Wildman–Crippen LogP) is 3.14. The summed E-state index contributed by atoms with van der Waals surface area (Å²) in [5.74, 6) is 2.61. The van der Waals surface area contributed by atoms with Gasteiger partial charge in [0.2, 0.25) is 0 Å². The van der Waals surface area contributed by atoms with Crippen molar-refractivity contribution in [2.24, 2.45) is 5.73 Å². The first kappa shape index (κ1) is 11.1. The summed E-state index contributed by atoms with van der Waals surface area (Å²) in [6, 6.07) is 7.71. The minimum atomic E-state index is 0.0700. The van der Waals surface area contributed by atoms with Gasteiger partial charge in [-0.15, -0.1) is 12.3 Å². The molecular formula is C12H14ClN. The maximum absolute atomic E-state index is 5.97. The zero-order chi connectivity index (χ0) is 10.4. The Balaban J connectivity index is 2.48. The lowest BCUT2D eigenvalue weighted by molar-refractivity contribution is 0.621. The van der Waals surface area contributed by atoms with Gasteiger partial charge in [0.25, 0.3) is 0 Å². The van der Waals surface area contributed by atoms with E-state index >= 15 is 0 Å². The zero-order valence-corrected chi connectivity index (χ0v) is 8.80. The molecule has 0 fully saturated rings. The van der Waals surface area contributed by atoms with Crippen molar-refractivity contribution in [3.63, 3.8) is 0 Å². The molecule has 0 radical (unpaired) electrons. The Hall–Kier alpha value is -0.970. The molecule has 0 heterocycles. The second-order valence-electron chi connectivity index (χ2n) is 3.25. The molecule has 1 nitrogen and oxygen atoms in total. The zero-order valence-electron chi connectivity index (χ0n) is 8.04. The van der Waals surface area contributed by atoms with Gasteiger partial charge >= 0.3 is 0 Å². The van der Waals surface area contributed by atoms with Crippen LogP contribution in [0.1, 0.15) is 30.9 Å². The summed E-state index contributed by atoms with van der Waals surface area (Å²) in [5, 5.41) is 0.740. The first-order valence-corrected chi connectivity index (χ1v) is 5.06. The third-order valence-corrected chi connectivity index (χ3v) is 2.39. The third kappa shape index (κ3) is 3.41. The number of rotatable bonds is 4. The number of benzene rings is 1. The average molecular weight is 208 g/mol. The van der Waals surface area contributed by atoms with Crippen LogP contribution in [0, 0.1) is 12.3 Å². The van der Waals surface area contributed by atoms with E-state index in [-0.39, 0.29) is 6.04 Å². The molecule has 0 aromatic heterocycles. The highest BCUT2D eigenvalue weighted by molar-refractivity contribution is 6.30. The number of unbranched alkanes of at least 4 members (excludes halogenated alkanes) is 1. The lowest BCUT2D eigenvalue weighted by Crippen LogP contribution is -2.09. The third-order valence-electron chi connectivity index (χ3n) is 2.13. The molecule has 0 amide bonds. The SMILES string of the molecule is C#CCCCC(N)c1ccc(Cl)cc1. The Morgan fingerprint density at radius 3 is 2.57 bits per heavy atom. The van der Waals surface area contributed by atoms with Crippen LogP contribution in [-0.2, 0) is 0 Å². The van der Waals surface area contributed by atoms with E-state index in [2.05, 4.69) is 5.92 Å². The monoisotopic (exact) mass is 207 g/mol. The van der Waals surface area contributed by atoms with Crippen LogP contribution in [0.2, 0.25) is 5.02 Å². The maximum Gasteiger partial charge on any atom is 0.0406 e. The fourth-order valence-electron chi connectivity index (χ4n) is 1.30. The molecule has 0 spiro atoms. The van der Waals surface area contributed by atoms with E-state index in [9.17, 15) is 0 Å². The van der Waals surface area contributed by atoms with E-state index in [1.807, 2.05) is 24.3 Å². The molecule has 0 saturated carbocycles. The fourth-order valence-corrected chi connectivity index (χ4v) is 1.43. The lowest BCUT2D eigenvalue weighted by atomic mass is 10.0. The van der Waals surface area contributed by atoms with Gasteiger partial charge < -0.3 is 5.73 Å². The second kappa shape index (κ2) is 5.70. The van der Waals surface area contributed by atoms with E-state index in [1.165, 1.54) is 0 Å². The molecule has 14 heavy (non-hydrogen) atoms. The van der Waals surface area contributed by atoms with Crippen molar-refractivity contribution in [2.75, 3.05) is 0 Å². The highest BCUT2D eigenvalue weighted by Crippen LogP contribution is 2.18. The van der Waals surface area contributed by atoms with Gasteiger partial charge in [-0.1, -0.05) is 23.7 Å². The second-order valence-corrected chi connectivity index (χ2v) is 3.69. The molecule has 0 aliphatic heterocycles. The standard InChI is InChI=1S/C12H14ClN/c1-2-3-4-5-12(14)10-6-8-11(13)9-7-10/h1,6-9,12H,3-5,14H2. The minimum Gasteiger partial charge on any atom is -0.324 e. The molecule has 0 aliphatic rings. The normalized spacial score (nSPS) is 12.1. The Morgan fingerprint density at radius 2 is 2.00 bits per heavy atom. The summed E-state index contributed by atoms with van der Waals surface area (Å²) in [7, 11) is 0. The molecule has 1 rings (SSSR count). The first-order valence-electron chi connectivity index (χ1n) is 4.68. The number of nitrogens with two attached hydrogens (primary N) is 1. The van der Waals surface area contributed by atoms with Gasteiger partial charge in [-0.3, -0.25) is 0 Å². The van der Waals surface area contributed by atoms with Crippen LogP contribution in [0.3, 0.4) is 0 Å². The van der Waals surface area contributed by atoms with Gasteiger partial charge in [0, 0.05) is 17.5 Å². The highest BCUT2D eigenvalue weighted by atomic mass is 35.5. The van der Waals surface area contributed by atoms with Crippen LogP contribution in [0.15, 0.2) is 24.3 Å². The highest BCUT2D eigenvalue weighted by Gasteiger charge is 2.04. The Bertz CT molecular complexity index is 310. The van der Waals surface area contributed by atoms with Gasteiger partial charge in [0.05, 0.1) is 0 Å². The number of halogens is 1. The molecule has 1 aromatic carbocycles. The Morgan fingerprint density at radius 1 is 1.36 bits per heavy atom. The van der Waals surface area contributed by atoms with E-state index in [0.717, 1.165) is 29.8 Å². The van der Waals surface area contributed by atoms with Gasteiger partial charge in [-0.05, 0) is 30.5 Å². The number of hydrogen-bond donors (Lipinski definition) is 1. The van der Waals surface area contributed by atoms with Gasteiger partial charge in [-0.2, -0.15) is 0 Å². The van der Waals surface area contributed by atoms with E-state index < -0.39 is 0 Å². The van der Waals surface area contributed by atoms with E-state index in [0.29, 0.717) is 0 Å². The molecule has 1 atom stereocenters. The summed E-state index contributed by atoms with van der Waals surface area (Å²) in [6.45, 7) is 0. The summed E-state index contributed by atoms with van der Waals surface area (Å²) in [4.78, 5) is 0. The average Bonchev–Trinajstić information content (AvgIpc) is 2.19. The summed E-state index contributed by atoms with van der Waals surface area (Å²) >= 11 is 5.78.